The molecule has 1 aromatic heterocycles. The second kappa shape index (κ2) is 8.39. The number of pyridine rings is 1. The van der Waals surface area contributed by atoms with Gasteiger partial charge in [-0.05, 0) is 50.1 Å². The molecule has 8 heteroatoms. The fourth-order valence-corrected chi connectivity index (χ4v) is 3.52. The van der Waals surface area contributed by atoms with Crippen molar-refractivity contribution in [3.63, 3.8) is 0 Å². The molecule has 2 N–H and O–H groups in total. The van der Waals surface area contributed by atoms with Crippen molar-refractivity contribution in [3.8, 4) is 11.6 Å². The zero-order valence-corrected chi connectivity index (χ0v) is 16.0. The fourth-order valence-electron chi connectivity index (χ4n) is 2.88. The number of ether oxygens (including phenoxy) is 1. The summed E-state index contributed by atoms with van der Waals surface area (Å²) in [5.74, 6) is 0.767. The first kappa shape index (κ1) is 19.2. The van der Waals surface area contributed by atoms with E-state index in [9.17, 15) is 13.2 Å². The number of carbonyl (C=O) groups is 1. The highest BCUT2D eigenvalue weighted by Crippen LogP contribution is 2.22. The normalized spacial score (nSPS) is 14.7. The lowest BCUT2D eigenvalue weighted by Crippen LogP contribution is -2.32. The van der Waals surface area contributed by atoms with Gasteiger partial charge in [-0.1, -0.05) is 12.8 Å². The summed E-state index contributed by atoms with van der Waals surface area (Å²) in [6, 6.07) is 10.1. The number of anilines is 1. The van der Waals surface area contributed by atoms with E-state index in [1.807, 2.05) is 0 Å². The van der Waals surface area contributed by atoms with Crippen molar-refractivity contribution in [2.75, 3.05) is 10.5 Å². The average Bonchev–Trinajstić information content (AvgIpc) is 3.17. The molecule has 3 rings (SSSR count). The highest BCUT2D eigenvalue weighted by atomic mass is 32.2. The van der Waals surface area contributed by atoms with Crippen LogP contribution < -0.4 is 14.8 Å². The Morgan fingerprint density at radius 1 is 1.15 bits per heavy atom. The molecule has 0 saturated heterocycles. The predicted octanol–water partition coefficient (Wildman–Crippen LogP) is 3.31. The van der Waals surface area contributed by atoms with E-state index < -0.39 is 10.0 Å². The van der Waals surface area contributed by atoms with Crippen LogP contribution in [0, 0.1) is 0 Å². The predicted molar refractivity (Wildman–Crippen MR) is 104 cm³/mol. The maximum atomic E-state index is 12.2. The number of carbonyl (C=O) groups excluding carboxylic acids is 1. The van der Waals surface area contributed by atoms with Crippen LogP contribution in [0.4, 0.5) is 5.69 Å². The van der Waals surface area contributed by atoms with Gasteiger partial charge in [-0.15, -0.1) is 0 Å². The highest BCUT2D eigenvalue weighted by Gasteiger charge is 2.18. The maximum absolute atomic E-state index is 12.2. The lowest BCUT2D eigenvalue weighted by atomic mass is 10.2. The maximum Gasteiger partial charge on any atom is 0.253 e. The van der Waals surface area contributed by atoms with E-state index in [1.54, 1.807) is 43.3 Å². The molecule has 1 amide bonds. The second-order valence-electron chi connectivity index (χ2n) is 6.47. The number of nitrogens with one attached hydrogen (secondary N) is 2. The van der Waals surface area contributed by atoms with E-state index >= 15 is 0 Å². The van der Waals surface area contributed by atoms with Gasteiger partial charge in [0.2, 0.25) is 15.9 Å². The molecule has 0 unspecified atom stereocenters. The van der Waals surface area contributed by atoms with Gasteiger partial charge in [-0.2, -0.15) is 0 Å². The molecule has 7 nitrogen and oxygen atoms in total. The highest BCUT2D eigenvalue weighted by molar-refractivity contribution is 7.92. The van der Waals surface area contributed by atoms with Crippen LogP contribution in [0.1, 0.15) is 43.0 Å². The third-order valence-electron chi connectivity index (χ3n) is 4.42. The fraction of sp³-hybridized carbons (Fsp3) is 0.368. The van der Waals surface area contributed by atoms with Crippen LogP contribution in [0.2, 0.25) is 0 Å². The summed E-state index contributed by atoms with van der Waals surface area (Å²) in [6.07, 6.45) is 5.88. The van der Waals surface area contributed by atoms with Gasteiger partial charge in [-0.3, -0.25) is 9.52 Å². The number of hydrogen-bond acceptors (Lipinski definition) is 5. The van der Waals surface area contributed by atoms with Crippen LogP contribution in [0.25, 0.3) is 0 Å². The second-order valence-corrected chi connectivity index (χ2v) is 8.48. The van der Waals surface area contributed by atoms with Crippen molar-refractivity contribution in [2.45, 2.75) is 38.6 Å². The minimum Gasteiger partial charge on any atom is -0.439 e. The lowest BCUT2D eigenvalue weighted by molar-refractivity contribution is 0.0937. The number of hydrogen-bond donors (Lipinski definition) is 2. The number of rotatable bonds is 7. The number of amides is 1. The Kier molecular flexibility index (Phi) is 5.95. The summed E-state index contributed by atoms with van der Waals surface area (Å²) < 4.78 is 31.2. The molecular formula is C19H23N3O4S. The summed E-state index contributed by atoms with van der Waals surface area (Å²) in [7, 11) is -3.31. The van der Waals surface area contributed by atoms with Crippen molar-refractivity contribution < 1.29 is 17.9 Å². The Balaban J connectivity index is 1.58. The van der Waals surface area contributed by atoms with Crippen molar-refractivity contribution in [1.29, 1.82) is 0 Å². The molecule has 0 aliphatic heterocycles. The van der Waals surface area contributed by atoms with E-state index in [1.165, 1.54) is 6.20 Å². The van der Waals surface area contributed by atoms with Crippen molar-refractivity contribution in [1.82, 2.24) is 10.3 Å². The zero-order chi connectivity index (χ0) is 19.3. The van der Waals surface area contributed by atoms with E-state index in [-0.39, 0.29) is 17.7 Å². The SMILES string of the molecule is CCS(=O)(=O)Nc1ccc(Oc2ccc(C(=O)NC3CCCC3)cn2)cc1. The number of sulfonamides is 1. The Labute approximate surface area is 159 Å². The van der Waals surface area contributed by atoms with Crippen LogP contribution in [-0.4, -0.2) is 31.1 Å². The largest absolute Gasteiger partial charge is 0.439 e. The van der Waals surface area contributed by atoms with Gasteiger partial charge in [0.05, 0.1) is 11.3 Å². The third-order valence-corrected chi connectivity index (χ3v) is 5.73. The summed E-state index contributed by atoms with van der Waals surface area (Å²) in [5.41, 5.74) is 0.967. The van der Waals surface area contributed by atoms with Gasteiger partial charge in [-0.25, -0.2) is 13.4 Å². The Morgan fingerprint density at radius 2 is 1.85 bits per heavy atom. The number of benzene rings is 1. The minimum atomic E-state index is -3.31. The van der Waals surface area contributed by atoms with Crippen LogP contribution in [0.15, 0.2) is 42.6 Å². The monoisotopic (exact) mass is 389 g/mol. The smallest absolute Gasteiger partial charge is 0.253 e. The molecule has 0 bridgehead atoms. The van der Waals surface area contributed by atoms with Crippen molar-refractivity contribution >= 4 is 21.6 Å². The molecule has 0 radical (unpaired) electrons. The molecular weight excluding hydrogens is 366 g/mol. The van der Waals surface area contributed by atoms with Gasteiger partial charge in [0, 0.05) is 24.0 Å². The summed E-state index contributed by atoms with van der Waals surface area (Å²) in [5, 5.41) is 3.02. The first-order valence-electron chi connectivity index (χ1n) is 9.00. The minimum absolute atomic E-state index is 0.00977. The summed E-state index contributed by atoms with van der Waals surface area (Å²) in [4.78, 5) is 16.4. The molecule has 144 valence electrons. The molecule has 0 spiro atoms. The first-order valence-corrected chi connectivity index (χ1v) is 10.7. The van der Waals surface area contributed by atoms with E-state index in [4.69, 9.17) is 4.74 Å². The van der Waals surface area contributed by atoms with Gasteiger partial charge in [0.1, 0.15) is 5.75 Å². The molecule has 1 saturated carbocycles. The summed E-state index contributed by atoms with van der Waals surface area (Å²) in [6.45, 7) is 1.57. The van der Waals surface area contributed by atoms with Gasteiger partial charge in [0.25, 0.3) is 5.91 Å². The molecule has 1 aliphatic rings. The summed E-state index contributed by atoms with van der Waals surface area (Å²) >= 11 is 0. The van der Waals surface area contributed by atoms with E-state index in [0.717, 1.165) is 25.7 Å². The lowest BCUT2D eigenvalue weighted by Gasteiger charge is -2.12. The van der Waals surface area contributed by atoms with E-state index in [2.05, 4.69) is 15.0 Å². The zero-order valence-electron chi connectivity index (χ0n) is 15.1. The van der Waals surface area contributed by atoms with Crippen LogP contribution in [-0.2, 0) is 10.0 Å². The Bertz CT molecular complexity index is 874. The third kappa shape index (κ3) is 5.43. The quantitative estimate of drug-likeness (QED) is 0.757. The van der Waals surface area contributed by atoms with Crippen LogP contribution in [0.3, 0.4) is 0 Å². The van der Waals surface area contributed by atoms with Gasteiger partial charge < -0.3 is 10.1 Å². The van der Waals surface area contributed by atoms with E-state index in [0.29, 0.717) is 22.9 Å². The number of aromatic nitrogens is 1. The number of nitrogens with zero attached hydrogens (tertiary/aromatic N) is 1. The molecule has 2 aromatic rings. The molecule has 1 fully saturated rings. The van der Waals surface area contributed by atoms with Gasteiger partial charge >= 0.3 is 0 Å². The standard InChI is InChI=1S/C19H23N3O4S/c1-2-27(24,25)22-16-8-10-17(11-9-16)26-18-12-7-14(13-20-18)19(23)21-15-5-3-4-6-15/h7-13,15,22H,2-6H2,1H3,(H,21,23). The average molecular weight is 389 g/mol. The topological polar surface area (TPSA) is 97.4 Å². The first-order chi connectivity index (χ1) is 12.9. The molecule has 1 aliphatic carbocycles. The van der Waals surface area contributed by atoms with Gasteiger partial charge in [0.15, 0.2) is 0 Å². The molecule has 1 heterocycles. The molecule has 0 atom stereocenters. The molecule has 1 aromatic carbocycles. The van der Waals surface area contributed by atoms with Crippen molar-refractivity contribution in [3.05, 3.63) is 48.2 Å². The van der Waals surface area contributed by atoms with Crippen LogP contribution in [0.5, 0.6) is 11.6 Å². The van der Waals surface area contributed by atoms with Crippen molar-refractivity contribution in [2.24, 2.45) is 0 Å². The molecule has 27 heavy (non-hydrogen) atoms. The Hall–Kier alpha value is -2.61. The van der Waals surface area contributed by atoms with Crippen LogP contribution >= 0.6 is 0 Å². The Morgan fingerprint density at radius 3 is 2.44 bits per heavy atom.